The van der Waals surface area contributed by atoms with Crippen molar-refractivity contribution in [2.24, 2.45) is 0 Å². The molecule has 0 bridgehead atoms. The summed E-state index contributed by atoms with van der Waals surface area (Å²) in [5.41, 5.74) is 0.783. The summed E-state index contributed by atoms with van der Waals surface area (Å²) >= 11 is 7.42. The third kappa shape index (κ3) is 1.85. The number of benzene rings is 1. The lowest BCUT2D eigenvalue weighted by Gasteiger charge is -2.04. The monoisotopic (exact) mass is 282 g/mol. The average Bonchev–Trinajstić information content (AvgIpc) is 2.83. The molecule has 18 heavy (non-hydrogen) atoms. The van der Waals surface area contributed by atoms with Crippen molar-refractivity contribution in [2.75, 3.05) is 0 Å². The van der Waals surface area contributed by atoms with E-state index in [2.05, 4.69) is 9.97 Å². The summed E-state index contributed by atoms with van der Waals surface area (Å²) in [7, 11) is 0. The molecule has 0 unspecified atom stereocenters. The van der Waals surface area contributed by atoms with Gasteiger partial charge in [-0.15, -0.1) is 0 Å². The third-order valence-corrected chi connectivity index (χ3v) is 3.42. The Labute approximate surface area is 110 Å². The van der Waals surface area contributed by atoms with Gasteiger partial charge < -0.3 is 0 Å². The van der Waals surface area contributed by atoms with Crippen molar-refractivity contribution in [3.63, 3.8) is 0 Å². The lowest BCUT2D eigenvalue weighted by molar-refractivity contribution is 0.590. The van der Waals surface area contributed by atoms with Gasteiger partial charge in [-0.05, 0) is 17.5 Å². The summed E-state index contributed by atoms with van der Waals surface area (Å²) in [6.45, 7) is 0. The molecule has 0 amide bonds. The van der Waals surface area contributed by atoms with Crippen LogP contribution in [0.1, 0.15) is 0 Å². The molecule has 2 aromatic heterocycles. The van der Waals surface area contributed by atoms with Crippen LogP contribution in [-0.4, -0.2) is 9.97 Å². The predicted octanol–water partition coefficient (Wildman–Crippen LogP) is 4.29. The molecule has 0 atom stereocenters. The van der Waals surface area contributed by atoms with E-state index in [0.29, 0.717) is 5.82 Å². The number of hydrogen-bond acceptors (Lipinski definition) is 3. The standard InChI is InChI=1S/C12H5ClF2N2S/c13-11-8-3-7(14)4-9(15)10(8)16-12(17-11)6-1-2-18-5-6/h1-5H. The lowest BCUT2D eigenvalue weighted by atomic mass is 10.2. The molecule has 0 fully saturated rings. The number of aromatic nitrogens is 2. The maximum Gasteiger partial charge on any atom is 0.162 e. The summed E-state index contributed by atoms with van der Waals surface area (Å²) in [6.07, 6.45) is 0. The first-order valence-corrected chi connectivity index (χ1v) is 6.32. The minimum Gasteiger partial charge on any atom is -0.225 e. The maximum atomic E-state index is 13.7. The zero-order valence-electron chi connectivity index (χ0n) is 8.82. The molecule has 1 aromatic carbocycles. The van der Waals surface area contributed by atoms with Crippen LogP contribution in [0.4, 0.5) is 8.78 Å². The molecule has 3 aromatic rings. The summed E-state index contributed by atoms with van der Waals surface area (Å²) in [5, 5.41) is 3.91. The van der Waals surface area contributed by atoms with Crippen LogP contribution in [0.25, 0.3) is 22.3 Å². The Morgan fingerprint density at radius 2 is 2.00 bits per heavy atom. The highest BCUT2D eigenvalue weighted by Crippen LogP contribution is 2.28. The molecule has 2 heterocycles. The molecule has 0 radical (unpaired) electrons. The summed E-state index contributed by atoms with van der Waals surface area (Å²) in [6, 6.07) is 3.71. The smallest absolute Gasteiger partial charge is 0.162 e. The number of halogens is 3. The van der Waals surface area contributed by atoms with Crippen molar-refractivity contribution in [3.05, 3.63) is 45.7 Å². The van der Waals surface area contributed by atoms with E-state index in [1.807, 2.05) is 16.8 Å². The van der Waals surface area contributed by atoms with E-state index < -0.39 is 11.6 Å². The second-order valence-corrected chi connectivity index (χ2v) is 4.77. The number of rotatable bonds is 1. The first kappa shape index (κ1) is 11.5. The Kier molecular flexibility index (Phi) is 2.72. The van der Waals surface area contributed by atoms with Gasteiger partial charge in [0.15, 0.2) is 11.6 Å². The molecule has 0 saturated carbocycles. The fraction of sp³-hybridized carbons (Fsp3) is 0. The van der Waals surface area contributed by atoms with Crippen LogP contribution >= 0.6 is 22.9 Å². The molecular weight excluding hydrogens is 278 g/mol. The van der Waals surface area contributed by atoms with Crippen LogP contribution in [0.3, 0.4) is 0 Å². The first-order valence-electron chi connectivity index (χ1n) is 5.00. The molecule has 2 nitrogen and oxygen atoms in total. The van der Waals surface area contributed by atoms with Gasteiger partial charge >= 0.3 is 0 Å². The van der Waals surface area contributed by atoms with Gasteiger partial charge in [0.2, 0.25) is 0 Å². The second-order valence-electron chi connectivity index (χ2n) is 3.63. The molecule has 0 spiro atoms. The Bertz CT molecular complexity index is 729. The van der Waals surface area contributed by atoms with Crippen LogP contribution in [0.15, 0.2) is 29.0 Å². The van der Waals surface area contributed by atoms with Crippen LogP contribution in [-0.2, 0) is 0 Å². The van der Waals surface area contributed by atoms with Gasteiger partial charge in [-0.25, -0.2) is 18.7 Å². The molecule has 90 valence electrons. The lowest BCUT2D eigenvalue weighted by Crippen LogP contribution is -1.94. The molecule has 0 aliphatic carbocycles. The van der Waals surface area contributed by atoms with E-state index in [1.165, 1.54) is 11.3 Å². The van der Waals surface area contributed by atoms with Crippen molar-refractivity contribution in [3.8, 4) is 11.4 Å². The summed E-state index contributed by atoms with van der Waals surface area (Å²) in [4.78, 5) is 8.14. The number of hydrogen-bond donors (Lipinski definition) is 0. The van der Waals surface area contributed by atoms with Crippen LogP contribution in [0.2, 0.25) is 5.15 Å². The quantitative estimate of drug-likeness (QED) is 0.622. The minimum absolute atomic E-state index is 0.0256. The second kappa shape index (κ2) is 4.26. The fourth-order valence-electron chi connectivity index (χ4n) is 1.64. The molecule has 0 aliphatic heterocycles. The highest BCUT2D eigenvalue weighted by molar-refractivity contribution is 7.08. The van der Waals surface area contributed by atoms with Crippen molar-refractivity contribution >= 4 is 33.8 Å². The normalized spacial score (nSPS) is 11.1. The Morgan fingerprint density at radius 1 is 1.17 bits per heavy atom. The topological polar surface area (TPSA) is 25.8 Å². The molecular formula is C12H5ClF2N2S. The fourth-order valence-corrected chi connectivity index (χ4v) is 2.50. The summed E-state index contributed by atoms with van der Waals surface area (Å²) < 4.78 is 26.8. The van der Waals surface area contributed by atoms with Gasteiger partial charge in [0.25, 0.3) is 0 Å². The van der Waals surface area contributed by atoms with E-state index >= 15 is 0 Å². The van der Waals surface area contributed by atoms with Gasteiger partial charge in [-0.2, -0.15) is 11.3 Å². The third-order valence-electron chi connectivity index (χ3n) is 2.45. The Balaban J connectivity index is 2.34. The van der Waals surface area contributed by atoms with E-state index in [-0.39, 0.29) is 16.1 Å². The molecule has 0 saturated heterocycles. The largest absolute Gasteiger partial charge is 0.225 e. The van der Waals surface area contributed by atoms with Crippen molar-refractivity contribution < 1.29 is 8.78 Å². The van der Waals surface area contributed by atoms with Crippen molar-refractivity contribution in [1.29, 1.82) is 0 Å². The van der Waals surface area contributed by atoms with E-state index in [9.17, 15) is 8.78 Å². The first-order chi connectivity index (χ1) is 8.65. The van der Waals surface area contributed by atoms with Crippen molar-refractivity contribution in [1.82, 2.24) is 9.97 Å². The van der Waals surface area contributed by atoms with Crippen LogP contribution in [0, 0.1) is 11.6 Å². The highest BCUT2D eigenvalue weighted by atomic mass is 35.5. The zero-order chi connectivity index (χ0) is 12.7. The van der Waals surface area contributed by atoms with Gasteiger partial charge in [0.1, 0.15) is 16.5 Å². The van der Waals surface area contributed by atoms with Crippen LogP contribution in [0.5, 0.6) is 0 Å². The van der Waals surface area contributed by atoms with Gasteiger partial charge in [-0.1, -0.05) is 11.6 Å². The predicted molar refractivity (Wildman–Crippen MR) is 67.8 cm³/mol. The molecule has 0 N–H and O–H groups in total. The average molecular weight is 283 g/mol. The summed E-state index contributed by atoms with van der Waals surface area (Å²) in [5.74, 6) is -1.11. The van der Waals surface area contributed by atoms with Gasteiger partial charge in [0, 0.05) is 22.4 Å². The number of thiophene rings is 1. The Hall–Kier alpha value is -1.59. The minimum atomic E-state index is -0.745. The number of fused-ring (bicyclic) bond motifs is 1. The highest BCUT2D eigenvalue weighted by Gasteiger charge is 2.13. The van der Waals surface area contributed by atoms with Gasteiger partial charge in [-0.3, -0.25) is 0 Å². The van der Waals surface area contributed by atoms with E-state index in [4.69, 9.17) is 11.6 Å². The molecule has 6 heteroatoms. The molecule has 3 rings (SSSR count). The molecule has 0 aliphatic rings. The Morgan fingerprint density at radius 3 is 2.72 bits per heavy atom. The van der Waals surface area contributed by atoms with Crippen LogP contribution < -0.4 is 0 Å². The number of nitrogens with zero attached hydrogens (tertiary/aromatic N) is 2. The maximum absolute atomic E-state index is 13.7. The van der Waals surface area contributed by atoms with Crippen molar-refractivity contribution in [2.45, 2.75) is 0 Å². The SMILES string of the molecule is Fc1cc(F)c2nc(-c3ccsc3)nc(Cl)c2c1. The van der Waals surface area contributed by atoms with Gasteiger partial charge in [0.05, 0.1) is 0 Å². The van der Waals surface area contributed by atoms with E-state index in [0.717, 1.165) is 17.7 Å². The zero-order valence-corrected chi connectivity index (χ0v) is 10.4. The van der Waals surface area contributed by atoms with E-state index in [1.54, 1.807) is 0 Å².